The molecule has 1 saturated heterocycles. The van der Waals surface area contributed by atoms with E-state index >= 15 is 0 Å². The van der Waals surface area contributed by atoms with Crippen molar-refractivity contribution in [3.63, 3.8) is 0 Å². The Hall–Kier alpha value is -1.60. The number of carbonyl (C=O) groups is 1. The van der Waals surface area contributed by atoms with Gasteiger partial charge in [-0.15, -0.1) is 11.0 Å². The lowest BCUT2D eigenvalue weighted by Crippen LogP contribution is -2.32. The summed E-state index contributed by atoms with van der Waals surface area (Å²) >= 11 is 1.19. The maximum Gasteiger partial charge on any atom is 0.284 e. The van der Waals surface area contributed by atoms with Crippen LogP contribution in [0.15, 0.2) is 46.2 Å². The summed E-state index contributed by atoms with van der Waals surface area (Å²) in [7, 11) is -3.83. The van der Waals surface area contributed by atoms with Crippen LogP contribution in [-0.4, -0.2) is 36.2 Å². The van der Waals surface area contributed by atoms with Gasteiger partial charge in [0, 0.05) is 6.54 Å². The highest BCUT2D eigenvalue weighted by Crippen LogP contribution is 2.30. The molecule has 0 N–H and O–H groups in total. The quantitative estimate of drug-likeness (QED) is 0.774. The first kappa shape index (κ1) is 16.8. The SMILES string of the molecule is C=CCN1C(=O)[C@H](CC)SC1=NS(=O)(=O)c1ccc(C)cc1. The molecule has 0 bridgehead atoms. The number of rotatable bonds is 5. The van der Waals surface area contributed by atoms with Crippen molar-refractivity contribution in [3.8, 4) is 0 Å². The number of aryl methyl sites for hydroxylation is 1. The summed E-state index contributed by atoms with van der Waals surface area (Å²) in [5, 5.41) is -0.0655. The van der Waals surface area contributed by atoms with Crippen molar-refractivity contribution in [2.75, 3.05) is 6.54 Å². The zero-order valence-electron chi connectivity index (χ0n) is 12.5. The van der Waals surface area contributed by atoms with E-state index in [0.717, 1.165) is 5.56 Å². The van der Waals surface area contributed by atoms with E-state index in [-0.39, 0.29) is 27.8 Å². The van der Waals surface area contributed by atoms with Crippen LogP contribution in [0.2, 0.25) is 0 Å². The van der Waals surface area contributed by atoms with Crippen LogP contribution >= 0.6 is 11.8 Å². The molecule has 2 rings (SSSR count). The minimum atomic E-state index is -3.83. The number of amides is 1. The number of hydrogen-bond acceptors (Lipinski definition) is 4. The molecule has 1 aromatic rings. The third-order valence-electron chi connectivity index (χ3n) is 3.22. The van der Waals surface area contributed by atoms with E-state index < -0.39 is 10.0 Å². The highest BCUT2D eigenvalue weighted by atomic mass is 32.2. The van der Waals surface area contributed by atoms with Crippen molar-refractivity contribution in [1.29, 1.82) is 0 Å². The van der Waals surface area contributed by atoms with Crippen LogP contribution in [0.1, 0.15) is 18.9 Å². The van der Waals surface area contributed by atoms with Gasteiger partial charge in [-0.05, 0) is 25.5 Å². The summed E-state index contributed by atoms with van der Waals surface area (Å²) < 4.78 is 28.6. The van der Waals surface area contributed by atoms with E-state index in [0.29, 0.717) is 6.42 Å². The summed E-state index contributed by atoms with van der Waals surface area (Å²) in [5.41, 5.74) is 0.969. The van der Waals surface area contributed by atoms with Gasteiger partial charge in [0.05, 0.1) is 10.1 Å². The molecule has 5 nitrogen and oxygen atoms in total. The average molecular weight is 338 g/mol. The fourth-order valence-corrected chi connectivity index (χ4v) is 4.30. The molecule has 0 spiro atoms. The maximum atomic E-state index is 12.4. The van der Waals surface area contributed by atoms with E-state index in [1.54, 1.807) is 18.2 Å². The van der Waals surface area contributed by atoms with Gasteiger partial charge < -0.3 is 0 Å². The third kappa shape index (κ3) is 3.41. The van der Waals surface area contributed by atoms with Crippen molar-refractivity contribution in [2.24, 2.45) is 4.40 Å². The number of thioether (sulfide) groups is 1. The zero-order chi connectivity index (χ0) is 16.3. The Morgan fingerprint density at radius 2 is 2.00 bits per heavy atom. The summed E-state index contributed by atoms with van der Waals surface area (Å²) in [6.07, 6.45) is 2.19. The summed E-state index contributed by atoms with van der Waals surface area (Å²) in [4.78, 5) is 13.7. The molecule has 0 radical (unpaired) electrons. The lowest BCUT2D eigenvalue weighted by Gasteiger charge is -2.13. The van der Waals surface area contributed by atoms with Crippen LogP contribution in [-0.2, 0) is 14.8 Å². The Balaban J connectivity index is 2.39. The second-order valence-electron chi connectivity index (χ2n) is 4.91. The predicted octanol–water partition coefficient (Wildman–Crippen LogP) is 2.58. The molecular formula is C15H18N2O3S2. The molecule has 1 aromatic carbocycles. The molecule has 22 heavy (non-hydrogen) atoms. The van der Waals surface area contributed by atoms with Crippen molar-refractivity contribution in [1.82, 2.24) is 4.90 Å². The van der Waals surface area contributed by atoms with Crippen LogP contribution in [0, 0.1) is 6.92 Å². The molecule has 1 heterocycles. The minimum absolute atomic E-state index is 0.120. The predicted molar refractivity (Wildman–Crippen MR) is 89.4 cm³/mol. The smallest absolute Gasteiger partial charge is 0.284 e. The summed E-state index contributed by atoms with van der Waals surface area (Å²) in [5.74, 6) is -0.120. The van der Waals surface area contributed by atoms with Crippen molar-refractivity contribution < 1.29 is 13.2 Å². The first-order chi connectivity index (χ1) is 10.4. The molecule has 1 fully saturated rings. The van der Waals surface area contributed by atoms with Crippen LogP contribution in [0.25, 0.3) is 0 Å². The zero-order valence-corrected chi connectivity index (χ0v) is 14.2. The van der Waals surface area contributed by atoms with Gasteiger partial charge in [0.15, 0.2) is 5.17 Å². The third-order valence-corrected chi connectivity index (χ3v) is 5.96. The summed E-state index contributed by atoms with van der Waals surface area (Å²) in [6, 6.07) is 6.48. The first-order valence-corrected chi connectivity index (χ1v) is 9.21. The van der Waals surface area contributed by atoms with E-state index in [1.165, 1.54) is 28.8 Å². The number of hydrogen-bond donors (Lipinski definition) is 0. The molecule has 7 heteroatoms. The van der Waals surface area contributed by atoms with E-state index in [4.69, 9.17) is 0 Å². The second kappa shape index (κ2) is 6.66. The van der Waals surface area contributed by atoms with E-state index in [9.17, 15) is 13.2 Å². The molecule has 118 valence electrons. The van der Waals surface area contributed by atoms with Gasteiger partial charge in [-0.25, -0.2) is 0 Å². The molecule has 1 aliphatic heterocycles. The van der Waals surface area contributed by atoms with Gasteiger partial charge in [-0.2, -0.15) is 8.42 Å². The molecule has 0 aromatic heterocycles. The molecule has 1 aliphatic rings. The van der Waals surface area contributed by atoms with Gasteiger partial charge in [0.2, 0.25) is 5.91 Å². The Morgan fingerprint density at radius 3 is 2.55 bits per heavy atom. The molecule has 0 unspecified atom stereocenters. The van der Waals surface area contributed by atoms with Gasteiger partial charge >= 0.3 is 0 Å². The van der Waals surface area contributed by atoms with Crippen molar-refractivity contribution in [3.05, 3.63) is 42.5 Å². The monoisotopic (exact) mass is 338 g/mol. The first-order valence-electron chi connectivity index (χ1n) is 6.89. The highest BCUT2D eigenvalue weighted by Gasteiger charge is 2.37. The van der Waals surface area contributed by atoms with Crippen molar-refractivity contribution >= 4 is 32.9 Å². The Kier molecular flexibility index (Phi) is 5.08. The van der Waals surface area contributed by atoms with E-state index in [2.05, 4.69) is 11.0 Å². The van der Waals surface area contributed by atoms with Crippen LogP contribution in [0.3, 0.4) is 0 Å². The molecule has 0 saturated carbocycles. The topological polar surface area (TPSA) is 66.8 Å². The number of sulfonamides is 1. The van der Waals surface area contributed by atoms with Crippen LogP contribution in [0.4, 0.5) is 0 Å². The lowest BCUT2D eigenvalue weighted by molar-refractivity contribution is -0.125. The number of carbonyl (C=O) groups excluding carboxylic acids is 1. The van der Waals surface area contributed by atoms with Gasteiger partial charge in [-0.3, -0.25) is 9.69 Å². The molecular weight excluding hydrogens is 320 g/mol. The standard InChI is InChI=1S/C15H18N2O3S2/c1-4-10-17-14(18)13(5-2)21-15(17)16-22(19,20)12-8-6-11(3)7-9-12/h4,6-9,13H,1,5,10H2,2-3H3/t13-/m0/s1. The fraction of sp³-hybridized carbons (Fsp3) is 0.333. The Labute approximate surface area is 135 Å². The normalized spacial score (nSPS) is 20.6. The average Bonchev–Trinajstić information content (AvgIpc) is 2.76. The molecule has 1 amide bonds. The fourth-order valence-electron chi connectivity index (χ4n) is 2.00. The lowest BCUT2D eigenvalue weighted by atomic mass is 10.2. The van der Waals surface area contributed by atoms with Crippen LogP contribution in [0.5, 0.6) is 0 Å². The Bertz CT molecular complexity index is 709. The van der Waals surface area contributed by atoms with Crippen molar-refractivity contribution in [2.45, 2.75) is 30.4 Å². The molecule has 1 atom stereocenters. The highest BCUT2D eigenvalue weighted by molar-refractivity contribution is 8.16. The second-order valence-corrected chi connectivity index (χ2v) is 7.69. The maximum absolute atomic E-state index is 12.4. The largest absolute Gasteiger partial charge is 0.286 e. The molecule has 0 aliphatic carbocycles. The number of amidine groups is 1. The minimum Gasteiger partial charge on any atom is -0.286 e. The summed E-state index contributed by atoms with van der Waals surface area (Å²) in [6.45, 7) is 7.62. The van der Waals surface area contributed by atoms with Gasteiger partial charge in [0.1, 0.15) is 0 Å². The number of nitrogens with zero attached hydrogens (tertiary/aromatic N) is 2. The van der Waals surface area contributed by atoms with Gasteiger partial charge in [0.25, 0.3) is 10.0 Å². The van der Waals surface area contributed by atoms with Crippen LogP contribution < -0.4 is 0 Å². The van der Waals surface area contributed by atoms with E-state index in [1.807, 2.05) is 13.8 Å². The van der Waals surface area contributed by atoms with Gasteiger partial charge in [-0.1, -0.05) is 42.5 Å². The number of benzene rings is 1. The Morgan fingerprint density at radius 1 is 1.36 bits per heavy atom.